The topological polar surface area (TPSA) is 250 Å². The van der Waals surface area contributed by atoms with Gasteiger partial charge in [0.15, 0.2) is 29.5 Å². The van der Waals surface area contributed by atoms with E-state index in [1.807, 2.05) is 0 Å². The van der Waals surface area contributed by atoms with Crippen LogP contribution in [0.15, 0.2) is 23.8 Å². The molecule has 2 unspecified atom stereocenters. The number of halogens is 1. The first-order valence-corrected chi connectivity index (χ1v) is 18.7. The summed E-state index contributed by atoms with van der Waals surface area (Å²) in [6.45, 7) is -8.80. The monoisotopic (exact) mass is 690 g/mol. The molecule has 4 aromatic heterocycles. The molecule has 18 nitrogen and oxygen atoms in total. The molecular formula is C21H25FN10O8P2S2. The lowest BCUT2D eigenvalue weighted by Crippen LogP contribution is -2.36. The summed E-state index contributed by atoms with van der Waals surface area (Å²) in [5.74, 6) is -0.0246. The Hall–Kier alpha value is -2.61. The van der Waals surface area contributed by atoms with Gasteiger partial charge in [-0.1, -0.05) is 24.5 Å². The first kappa shape index (κ1) is 30.1. The number of nitrogens with two attached hydrogens (primary N) is 2. The number of thiol groups is 2. The Labute approximate surface area is 256 Å². The Balaban J connectivity index is 1.26. The van der Waals surface area contributed by atoms with E-state index in [9.17, 15) is 19.0 Å². The maximum absolute atomic E-state index is 16.4. The van der Waals surface area contributed by atoms with Gasteiger partial charge in [-0.15, -0.1) is 0 Å². The van der Waals surface area contributed by atoms with Gasteiger partial charge in [0, 0.05) is 6.42 Å². The highest BCUT2D eigenvalue weighted by molar-refractivity contribution is 8.46. The van der Waals surface area contributed by atoms with E-state index in [2.05, 4.69) is 54.5 Å². The van der Waals surface area contributed by atoms with E-state index in [0.29, 0.717) is 0 Å². The summed E-state index contributed by atoms with van der Waals surface area (Å²) in [6, 6.07) is -1.01. The summed E-state index contributed by atoms with van der Waals surface area (Å²) in [5, 5.41) is 13.9. The maximum atomic E-state index is 16.4. The molecule has 2 bridgehead atoms. The van der Waals surface area contributed by atoms with E-state index in [1.165, 1.54) is 21.9 Å². The van der Waals surface area contributed by atoms with Crippen molar-refractivity contribution >= 4 is 71.7 Å². The number of rotatable bonds is 2. The van der Waals surface area contributed by atoms with Crippen molar-refractivity contribution in [1.29, 1.82) is 0 Å². The van der Waals surface area contributed by atoms with Crippen LogP contribution in [0.2, 0.25) is 0 Å². The molecule has 6 N–H and O–H groups in total. The molecule has 0 spiro atoms. The van der Waals surface area contributed by atoms with Crippen molar-refractivity contribution in [3.63, 3.8) is 0 Å². The van der Waals surface area contributed by atoms with Gasteiger partial charge in [-0.3, -0.25) is 28.2 Å². The van der Waals surface area contributed by atoms with Crippen molar-refractivity contribution in [2.24, 2.45) is 0 Å². The number of anilines is 2. The fraction of sp³-hybridized carbons (Fsp3) is 0.524. The molecule has 0 aromatic carbocycles. The summed E-state index contributed by atoms with van der Waals surface area (Å²) >= 11 is 8.39. The number of nitrogens with one attached hydrogen (secondary N) is 1. The van der Waals surface area contributed by atoms with Crippen LogP contribution in [0.3, 0.4) is 0 Å². The zero-order valence-electron chi connectivity index (χ0n) is 22.2. The zero-order valence-corrected chi connectivity index (χ0v) is 25.8. The SMILES string of the molecule is Nc1ncnc2c1ncn2[C@@H]1O[C@@H]2CCOP(=O)(S)O[C@@H]3[C@H](O)[C@H](C[C@H]3n3[nH]c(=O)c4c(N)ncnc43)OP(=O)(S)[C@H]2[C@H]1F. The first-order chi connectivity index (χ1) is 20.9. The average molecular weight is 691 g/mol. The Morgan fingerprint density at radius 1 is 1.05 bits per heavy atom. The first-order valence-electron chi connectivity index (χ1n) is 13.1. The van der Waals surface area contributed by atoms with Crippen molar-refractivity contribution in [3.05, 3.63) is 29.3 Å². The standard InChI is InChI=1S/C21H25FN10O8P2S2/c22-11-15-8(38-21(11)31-6-29-12-17(24)26-5-28-19(12)31)1-2-37-42(36,44)40-14-7(3-9(13(14)33)39-41(15,35)43)32-18-10(20(34)30-32)16(23)25-4-27-18/h4-9,11,13-15,21,33H,1-3H2,(H,30,34)(H,35,43)(H,36,44)(H2,23,25,27)(H2,24,26,28)/t7-,8-,9+,11-,13-,14+,15-,21-,41?,42?/m1/s1. The Kier molecular flexibility index (Phi) is 7.34. The van der Waals surface area contributed by atoms with Gasteiger partial charge < -0.3 is 30.4 Å². The molecule has 3 fully saturated rings. The number of nitrogen functional groups attached to an aromatic ring is 2. The molecule has 0 amide bonds. The number of hydrogen-bond acceptors (Lipinski definition) is 15. The smallest absolute Gasteiger partial charge is 0.386 e. The van der Waals surface area contributed by atoms with Crippen LogP contribution in [-0.2, 0) is 27.4 Å². The van der Waals surface area contributed by atoms with Crippen molar-refractivity contribution < 1.29 is 36.9 Å². The number of alkyl halides is 1. The Morgan fingerprint density at radius 3 is 2.55 bits per heavy atom. The van der Waals surface area contributed by atoms with Crippen molar-refractivity contribution in [3.8, 4) is 0 Å². The van der Waals surface area contributed by atoms with E-state index >= 15 is 4.39 Å². The second-order valence-electron chi connectivity index (χ2n) is 10.5. The summed E-state index contributed by atoms with van der Waals surface area (Å²) in [4.78, 5) is 32.8. The number of nitrogens with zero attached hydrogens (tertiary/aromatic N) is 7. The van der Waals surface area contributed by atoms with Gasteiger partial charge in [0.25, 0.3) is 12.1 Å². The van der Waals surface area contributed by atoms with Gasteiger partial charge in [0.1, 0.15) is 47.2 Å². The number of fused-ring (bicyclic) bond motifs is 5. The molecule has 236 valence electrons. The fourth-order valence-corrected chi connectivity index (χ4v) is 10.7. The average Bonchev–Trinajstić information content (AvgIpc) is 3.69. The van der Waals surface area contributed by atoms with E-state index < -0.39 is 67.4 Å². The van der Waals surface area contributed by atoms with Crippen LogP contribution in [-0.4, -0.2) is 87.2 Å². The lowest BCUT2D eigenvalue weighted by Gasteiger charge is -2.30. The molecule has 23 heteroatoms. The van der Waals surface area contributed by atoms with E-state index in [0.717, 1.165) is 6.33 Å². The normalized spacial score (nSPS) is 38.0. The molecule has 0 radical (unpaired) electrons. The molecule has 2 saturated heterocycles. The molecule has 3 aliphatic rings. The van der Waals surface area contributed by atoms with Crippen LogP contribution >= 0.6 is 37.9 Å². The lowest BCUT2D eigenvalue weighted by molar-refractivity contribution is -0.0272. The van der Waals surface area contributed by atoms with Gasteiger partial charge in [-0.05, 0) is 6.42 Å². The minimum absolute atomic E-state index is 0.0236. The van der Waals surface area contributed by atoms with E-state index in [-0.39, 0.29) is 53.3 Å². The van der Waals surface area contributed by atoms with Crippen LogP contribution in [0.4, 0.5) is 16.0 Å². The second kappa shape index (κ2) is 10.7. The number of H-pyrrole nitrogens is 1. The maximum Gasteiger partial charge on any atom is 0.386 e. The minimum Gasteiger partial charge on any atom is -0.388 e. The number of ether oxygens (including phenoxy) is 1. The van der Waals surface area contributed by atoms with Gasteiger partial charge in [-0.25, -0.2) is 33.9 Å². The molecule has 2 aliphatic heterocycles. The van der Waals surface area contributed by atoms with Crippen LogP contribution < -0.4 is 17.0 Å². The molecule has 10 atom stereocenters. The highest BCUT2D eigenvalue weighted by Gasteiger charge is 2.58. The molecule has 4 aromatic rings. The summed E-state index contributed by atoms with van der Waals surface area (Å²) in [7, 11) is 0. The highest BCUT2D eigenvalue weighted by atomic mass is 32.7. The molecule has 7 rings (SSSR count). The van der Waals surface area contributed by atoms with E-state index in [4.69, 9.17) is 29.8 Å². The number of hydrogen-bond donors (Lipinski definition) is 6. The minimum atomic E-state index is -4.27. The third kappa shape index (κ3) is 4.85. The molecular weight excluding hydrogens is 665 g/mol. The number of aromatic amines is 1. The summed E-state index contributed by atoms with van der Waals surface area (Å²) in [6.07, 6.45) is -5.49. The highest BCUT2D eigenvalue weighted by Crippen LogP contribution is 2.66. The largest absolute Gasteiger partial charge is 0.388 e. The fourth-order valence-electron chi connectivity index (χ4n) is 6.03. The van der Waals surface area contributed by atoms with Gasteiger partial charge >= 0.3 is 6.80 Å². The number of aromatic nitrogens is 8. The van der Waals surface area contributed by atoms with Crippen LogP contribution in [0, 0.1) is 0 Å². The second-order valence-corrected chi connectivity index (χ2v) is 17.0. The van der Waals surface area contributed by atoms with Gasteiger partial charge in [0.2, 0.25) is 0 Å². The van der Waals surface area contributed by atoms with Crippen molar-refractivity contribution in [2.45, 2.75) is 61.4 Å². The van der Waals surface area contributed by atoms with Crippen molar-refractivity contribution in [1.82, 2.24) is 39.3 Å². The van der Waals surface area contributed by atoms with Crippen LogP contribution in [0.25, 0.3) is 22.2 Å². The molecule has 44 heavy (non-hydrogen) atoms. The Morgan fingerprint density at radius 2 is 1.77 bits per heavy atom. The third-order valence-corrected chi connectivity index (χ3v) is 12.6. The van der Waals surface area contributed by atoms with Gasteiger partial charge in [-0.2, -0.15) is 0 Å². The molecule has 1 saturated carbocycles. The number of aliphatic hydroxyl groups is 1. The predicted octanol–water partition coefficient (Wildman–Crippen LogP) is 1.39. The van der Waals surface area contributed by atoms with Crippen molar-refractivity contribution in [2.75, 3.05) is 18.1 Å². The van der Waals surface area contributed by atoms with Crippen LogP contribution in [0.1, 0.15) is 25.1 Å². The summed E-state index contributed by atoms with van der Waals surface area (Å²) in [5.41, 5.74) is 10.1. The van der Waals surface area contributed by atoms with Crippen LogP contribution in [0.5, 0.6) is 0 Å². The lowest BCUT2D eigenvalue weighted by atomic mass is 10.1. The zero-order chi connectivity index (χ0) is 31.1. The Bertz CT molecular complexity index is 1930. The summed E-state index contributed by atoms with van der Waals surface area (Å²) < 4.78 is 69.5. The quantitative estimate of drug-likeness (QED) is 0.128. The predicted molar refractivity (Wildman–Crippen MR) is 158 cm³/mol. The molecule has 1 aliphatic carbocycles. The molecule has 6 heterocycles. The number of aliphatic hydroxyl groups excluding tert-OH is 1. The number of imidazole rings is 1. The van der Waals surface area contributed by atoms with Gasteiger partial charge in [0.05, 0.1) is 31.2 Å². The van der Waals surface area contributed by atoms with E-state index in [1.54, 1.807) is 0 Å². The third-order valence-electron chi connectivity index (χ3n) is 7.97.